The van der Waals surface area contributed by atoms with Crippen LogP contribution in [-0.2, 0) is 10.2 Å². The van der Waals surface area contributed by atoms with Gasteiger partial charge < -0.3 is 19.7 Å². The van der Waals surface area contributed by atoms with Crippen molar-refractivity contribution in [1.82, 2.24) is 24.6 Å². The van der Waals surface area contributed by atoms with Crippen molar-refractivity contribution in [3.63, 3.8) is 0 Å². The normalized spacial score (nSPS) is 22.5. The molecule has 0 saturated carbocycles. The summed E-state index contributed by atoms with van der Waals surface area (Å²) >= 11 is 3.52. The number of H-pyrrole nitrogens is 1. The highest BCUT2D eigenvalue weighted by atomic mass is 32.2. The fourth-order valence-corrected chi connectivity index (χ4v) is 9.99. The molecule has 3 amide bonds. The van der Waals surface area contributed by atoms with Gasteiger partial charge >= 0.3 is 6.03 Å². The second kappa shape index (κ2) is 12.1. The van der Waals surface area contributed by atoms with E-state index in [9.17, 15) is 14.4 Å². The Morgan fingerprint density at radius 1 is 0.844 bits per heavy atom. The number of hydrogen-bond donors (Lipinski definition) is 1. The van der Waals surface area contributed by atoms with Crippen molar-refractivity contribution in [2.75, 3.05) is 57.3 Å². The van der Waals surface area contributed by atoms with Crippen molar-refractivity contribution in [1.29, 1.82) is 0 Å². The third-order valence-corrected chi connectivity index (χ3v) is 12.7. The van der Waals surface area contributed by atoms with Crippen molar-refractivity contribution < 1.29 is 14.4 Å². The summed E-state index contributed by atoms with van der Waals surface area (Å²) in [7, 11) is 0. The summed E-state index contributed by atoms with van der Waals surface area (Å²) < 4.78 is 0. The van der Waals surface area contributed by atoms with E-state index in [2.05, 4.69) is 52.9 Å². The lowest BCUT2D eigenvalue weighted by Gasteiger charge is -2.38. The first kappa shape index (κ1) is 30.8. The molecule has 240 valence electrons. The lowest BCUT2D eigenvalue weighted by molar-refractivity contribution is -0.137. The van der Waals surface area contributed by atoms with E-state index in [1.165, 1.54) is 0 Å². The van der Waals surface area contributed by atoms with Gasteiger partial charge in [0.25, 0.3) is 0 Å². The highest BCUT2D eigenvalue weighted by Crippen LogP contribution is 2.44. The number of fused-ring (bicyclic) bond motifs is 3. The third kappa shape index (κ3) is 5.71. The van der Waals surface area contributed by atoms with Gasteiger partial charge in [0.2, 0.25) is 5.91 Å². The van der Waals surface area contributed by atoms with Gasteiger partial charge in [-0.2, -0.15) is 11.8 Å². The number of hydrogen-bond acceptors (Lipinski definition) is 6. The number of thiophene rings is 1. The first-order valence-corrected chi connectivity index (χ1v) is 18.5. The molecule has 3 aromatic rings. The van der Waals surface area contributed by atoms with Gasteiger partial charge in [-0.25, -0.2) is 4.79 Å². The van der Waals surface area contributed by atoms with Crippen molar-refractivity contribution in [2.45, 2.75) is 70.9 Å². The van der Waals surface area contributed by atoms with Gasteiger partial charge in [-0.1, -0.05) is 17.2 Å². The van der Waals surface area contributed by atoms with E-state index in [1.54, 1.807) is 11.3 Å². The number of carbonyl (C=O) groups excluding carboxylic acids is 3. The molecule has 0 radical (unpaired) electrons. The number of nitrogens with zero attached hydrogens (tertiary/aromatic N) is 4. The number of Topliss-reactive ketones (excluding diaryl/α,β-unsaturated/α-hetero) is 1. The van der Waals surface area contributed by atoms with E-state index in [-0.39, 0.29) is 17.7 Å². The molecule has 8 nitrogen and oxygen atoms in total. The number of rotatable bonds is 6. The summed E-state index contributed by atoms with van der Waals surface area (Å²) in [5, 5.41) is 0.913. The zero-order chi connectivity index (χ0) is 31.5. The maximum Gasteiger partial charge on any atom is 0.320 e. The number of thioether (sulfide) groups is 1. The SMILES string of the molecule is Cc1cc(C)cc(-c2[nH]c3sc(C(C)(C)C(=O)N4C5CCC4CC5)cc3c2C(=O)CN2CCN(C(=O)N3CCSCC3)CC2)c1. The quantitative estimate of drug-likeness (QED) is 0.337. The second-order valence-electron chi connectivity index (χ2n) is 14.0. The van der Waals surface area contributed by atoms with Crippen LogP contribution in [0.1, 0.15) is 65.9 Å². The number of aryl methyl sites for hydroxylation is 2. The van der Waals surface area contributed by atoms with Crippen molar-refractivity contribution >= 4 is 51.0 Å². The van der Waals surface area contributed by atoms with Gasteiger partial charge in [-0.15, -0.1) is 11.3 Å². The van der Waals surface area contributed by atoms with Crippen LogP contribution in [-0.4, -0.2) is 112 Å². The molecule has 0 unspecified atom stereocenters. The maximum absolute atomic E-state index is 14.3. The van der Waals surface area contributed by atoms with Crippen LogP contribution >= 0.6 is 23.1 Å². The Bertz CT molecular complexity index is 1590. The molecule has 1 aromatic carbocycles. The first-order chi connectivity index (χ1) is 21.6. The van der Waals surface area contributed by atoms with Gasteiger partial charge in [0.1, 0.15) is 4.83 Å². The predicted molar refractivity (Wildman–Crippen MR) is 184 cm³/mol. The van der Waals surface area contributed by atoms with E-state index in [0.717, 1.165) is 87.8 Å². The zero-order valence-electron chi connectivity index (χ0n) is 27.0. The molecular formula is C35H45N5O3S2. The average molecular weight is 648 g/mol. The maximum atomic E-state index is 14.3. The van der Waals surface area contributed by atoms with Crippen LogP contribution < -0.4 is 0 Å². The molecule has 7 rings (SSSR count). The molecule has 4 aliphatic heterocycles. The molecule has 1 N–H and O–H groups in total. The number of piperazine rings is 1. The van der Waals surface area contributed by atoms with Gasteiger partial charge in [-0.3, -0.25) is 14.5 Å². The fourth-order valence-electron chi connectivity index (χ4n) is 7.92. The largest absolute Gasteiger partial charge is 0.346 e. The number of nitrogens with one attached hydrogen (secondary N) is 1. The summed E-state index contributed by atoms with van der Waals surface area (Å²) in [4.78, 5) is 55.2. The number of benzene rings is 1. The number of carbonyl (C=O) groups is 3. The predicted octanol–water partition coefficient (Wildman–Crippen LogP) is 5.91. The standard InChI is InChI=1S/C35H45N5O3S2/c1-22-17-23(2)19-24(18-22)31-30(28(41)21-37-9-11-38(12-10-37)34(43)39-13-15-44-16-14-39)27-20-29(45-32(27)36-31)35(3,4)33(42)40-25-5-6-26(40)8-7-25/h17-20,25-26,36H,5-16,21H2,1-4H3. The summed E-state index contributed by atoms with van der Waals surface area (Å²) in [6, 6.07) is 9.44. The lowest BCUT2D eigenvalue weighted by atomic mass is 9.88. The molecular weight excluding hydrogens is 603 g/mol. The smallest absolute Gasteiger partial charge is 0.320 e. The second-order valence-corrected chi connectivity index (χ2v) is 16.2. The van der Waals surface area contributed by atoms with Crippen molar-refractivity contribution in [2.24, 2.45) is 0 Å². The molecule has 2 aromatic heterocycles. The van der Waals surface area contributed by atoms with E-state index in [0.29, 0.717) is 50.4 Å². The molecule has 45 heavy (non-hydrogen) atoms. The van der Waals surface area contributed by atoms with E-state index < -0.39 is 5.41 Å². The molecule has 6 heterocycles. The topological polar surface area (TPSA) is 80.0 Å². The fraction of sp³-hybridized carbons (Fsp3) is 0.571. The monoisotopic (exact) mass is 647 g/mol. The molecule has 10 heteroatoms. The van der Waals surface area contributed by atoms with Crippen LogP contribution in [0.3, 0.4) is 0 Å². The van der Waals surface area contributed by atoms with Gasteiger partial charge in [-0.05, 0) is 77.1 Å². The number of ketones is 1. The molecule has 0 atom stereocenters. The Labute approximate surface area is 274 Å². The van der Waals surface area contributed by atoms with Crippen LogP contribution in [0.25, 0.3) is 21.5 Å². The van der Waals surface area contributed by atoms with Crippen LogP contribution in [0.2, 0.25) is 0 Å². The van der Waals surface area contributed by atoms with Crippen LogP contribution in [0, 0.1) is 13.8 Å². The van der Waals surface area contributed by atoms with Gasteiger partial charge in [0.05, 0.1) is 23.2 Å². The van der Waals surface area contributed by atoms with E-state index in [1.807, 2.05) is 35.4 Å². The Hall–Kier alpha value is -2.82. The van der Waals surface area contributed by atoms with Crippen LogP contribution in [0.5, 0.6) is 0 Å². The number of aromatic nitrogens is 1. The minimum Gasteiger partial charge on any atom is -0.346 e. The average Bonchev–Trinajstić information content (AvgIpc) is 3.81. The minimum atomic E-state index is -0.661. The molecule has 4 saturated heterocycles. The lowest BCUT2D eigenvalue weighted by Crippen LogP contribution is -2.54. The molecule has 0 spiro atoms. The molecule has 4 fully saturated rings. The number of urea groups is 1. The highest BCUT2D eigenvalue weighted by Gasteiger charge is 2.47. The summed E-state index contributed by atoms with van der Waals surface area (Å²) in [5.74, 6) is 2.30. The summed E-state index contributed by atoms with van der Waals surface area (Å²) in [6.45, 7) is 12.9. The Balaban J connectivity index is 1.15. The van der Waals surface area contributed by atoms with Crippen molar-refractivity contribution in [3.05, 3.63) is 45.8 Å². The number of aromatic amines is 1. The zero-order valence-corrected chi connectivity index (χ0v) is 28.6. The third-order valence-electron chi connectivity index (χ3n) is 10.4. The number of amides is 3. The van der Waals surface area contributed by atoms with Crippen LogP contribution in [0.4, 0.5) is 4.79 Å². The Morgan fingerprint density at radius 2 is 1.44 bits per heavy atom. The first-order valence-electron chi connectivity index (χ1n) is 16.5. The molecule has 4 aliphatic rings. The Kier molecular flexibility index (Phi) is 8.27. The van der Waals surface area contributed by atoms with E-state index in [4.69, 9.17) is 0 Å². The van der Waals surface area contributed by atoms with Gasteiger partial charge in [0, 0.05) is 73.1 Å². The van der Waals surface area contributed by atoms with Crippen LogP contribution in [0.15, 0.2) is 24.3 Å². The summed E-state index contributed by atoms with van der Waals surface area (Å²) in [6.07, 6.45) is 4.48. The highest BCUT2D eigenvalue weighted by molar-refractivity contribution is 7.99. The minimum absolute atomic E-state index is 0.0781. The van der Waals surface area contributed by atoms with Crippen molar-refractivity contribution in [3.8, 4) is 11.3 Å². The molecule has 0 aliphatic carbocycles. The summed E-state index contributed by atoms with van der Waals surface area (Å²) in [5.41, 5.74) is 4.24. The van der Waals surface area contributed by atoms with Gasteiger partial charge in [0.15, 0.2) is 5.78 Å². The van der Waals surface area contributed by atoms with E-state index >= 15 is 0 Å². The molecule has 2 bridgehead atoms. The Morgan fingerprint density at radius 3 is 2.07 bits per heavy atom.